The first kappa shape index (κ1) is 15.5. The van der Waals surface area contributed by atoms with Gasteiger partial charge < -0.3 is 10.6 Å². The van der Waals surface area contributed by atoms with E-state index in [-0.39, 0.29) is 5.91 Å². The highest BCUT2D eigenvalue weighted by Crippen LogP contribution is 2.20. The second-order valence-corrected chi connectivity index (χ2v) is 6.11. The quantitative estimate of drug-likeness (QED) is 0.885. The molecule has 2 N–H and O–H groups in total. The lowest BCUT2D eigenvalue weighted by molar-refractivity contribution is -0.116. The molecular weight excluding hydrogens is 286 g/mol. The van der Waals surface area contributed by atoms with Crippen LogP contribution in [0.5, 0.6) is 0 Å². The fourth-order valence-electron chi connectivity index (χ4n) is 2.88. The third kappa shape index (κ3) is 4.31. The van der Waals surface area contributed by atoms with Gasteiger partial charge in [-0.2, -0.15) is 0 Å². The predicted molar refractivity (Wildman–Crippen MR) is 93.8 cm³/mol. The van der Waals surface area contributed by atoms with Crippen LogP contribution in [0.3, 0.4) is 0 Å². The van der Waals surface area contributed by atoms with Crippen LogP contribution in [0.15, 0.2) is 36.4 Å². The Labute approximate surface area is 137 Å². The van der Waals surface area contributed by atoms with Crippen LogP contribution in [0.25, 0.3) is 0 Å². The molecule has 0 saturated carbocycles. The van der Waals surface area contributed by atoms with Crippen molar-refractivity contribution in [2.75, 3.05) is 17.2 Å². The maximum absolute atomic E-state index is 12.0. The molecule has 1 amide bonds. The number of hydrogen-bond donors (Lipinski definition) is 2. The summed E-state index contributed by atoms with van der Waals surface area (Å²) in [5.41, 5.74) is 4.37. The lowest BCUT2D eigenvalue weighted by atomic mass is 10.1. The lowest BCUT2D eigenvalue weighted by Crippen LogP contribution is -2.14. The zero-order chi connectivity index (χ0) is 16.1. The highest BCUT2D eigenvalue weighted by atomic mass is 16.1. The number of aromatic nitrogens is 1. The molecule has 23 heavy (non-hydrogen) atoms. The molecule has 0 spiro atoms. The Morgan fingerprint density at radius 2 is 2.22 bits per heavy atom. The monoisotopic (exact) mass is 309 g/mol. The van der Waals surface area contributed by atoms with E-state index in [0.29, 0.717) is 6.42 Å². The van der Waals surface area contributed by atoms with Crippen molar-refractivity contribution in [2.24, 2.45) is 0 Å². The number of aryl methyl sites for hydroxylation is 3. The average molecular weight is 309 g/mol. The third-order valence-corrected chi connectivity index (χ3v) is 4.09. The third-order valence-electron chi connectivity index (χ3n) is 4.09. The molecule has 0 radical (unpaired) electrons. The van der Waals surface area contributed by atoms with Crippen LogP contribution in [0.2, 0.25) is 0 Å². The number of fused-ring (bicyclic) bond motifs is 1. The van der Waals surface area contributed by atoms with E-state index in [0.717, 1.165) is 48.6 Å². The maximum atomic E-state index is 12.0. The van der Waals surface area contributed by atoms with Crippen molar-refractivity contribution in [3.05, 3.63) is 53.2 Å². The number of pyridine rings is 1. The summed E-state index contributed by atoms with van der Waals surface area (Å²) in [6, 6.07) is 12.1. The van der Waals surface area contributed by atoms with E-state index < -0.39 is 0 Å². The van der Waals surface area contributed by atoms with E-state index in [2.05, 4.69) is 27.8 Å². The second kappa shape index (κ2) is 7.27. The second-order valence-electron chi connectivity index (χ2n) is 6.11. The summed E-state index contributed by atoms with van der Waals surface area (Å²) in [6.45, 7) is 3.02. The van der Waals surface area contributed by atoms with Crippen molar-refractivity contribution in [1.29, 1.82) is 0 Å². The summed E-state index contributed by atoms with van der Waals surface area (Å²) in [7, 11) is 0. The van der Waals surface area contributed by atoms with Gasteiger partial charge in [0.2, 0.25) is 5.91 Å². The fourth-order valence-corrected chi connectivity index (χ4v) is 2.88. The number of benzene rings is 1. The van der Waals surface area contributed by atoms with Crippen molar-refractivity contribution >= 4 is 17.4 Å². The van der Waals surface area contributed by atoms with E-state index >= 15 is 0 Å². The smallest absolute Gasteiger partial charge is 0.224 e. The van der Waals surface area contributed by atoms with Crippen LogP contribution in [0, 0.1) is 6.92 Å². The van der Waals surface area contributed by atoms with Crippen molar-refractivity contribution in [2.45, 2.75) is 39.0 Å². The normalized spacial score (nSPS) is 13.1. The number of nitrogens with one attached hydrogen (secondary N) is 2. The van der Waals surface area contributed by atoms with Crippen molar-refractivity contribution in [3.63, 3.8) is 0 Å². The van der Waals surface area contributed by atoms with Crippen LogP contribution in [-0.2, 0) is 17.6 Å². The summed E-state index contributed by atoms with van der Waals surface area (Å²) in [5.74, 6) is 1.09. The topological polar surface area (TPSA) is 54.0 Å². The standard InChI is InChI=1S/C19H23N3O/c1-14-5-2-8-17(13-14)21-18(23)9-3-7-16-11-10-15-6-4-12-20-19(15)22-16/h2,5,8,10-11,13H,3-4,6-7,9,12H2,1H3,(H,20,22)(H,21,23). The molecule has 4 nitrogen and oxygen atoms in total. The number of carbonyl (C=O) groups excluding carboxylic acids is 1. The van der Waals surface area contributed by atoms with Crippen LogP contribution >= 0.6 is 0 Å². The number of carbonyl (C=O) groups is 1. The Morgan fingerprint density at radius 3 is 3.09 bits per heavy atom. The van der Waals surface area contributed by atoms with Gasteiger partial charge in [-0.05, 0) is 61.9 Å². The minimum absolute atomic E-state index is 0.0617. The summed E-state index contributed by atoms with van der Waals surface area (Å²) in [4.78, 5) is 16.7. The van der Waals surface area contributed by atoms with Gasteiger partial charge in [0.15, 0.2) is 0 Å². The predicted octanol–water partition coefficient (Wildman–Crippen LogP) is 3.71. The van der Waals surface area contributed by atoms with E-state index in [1.165, 1.54) is 12.0 Å². The van der Waals surface area contributed by atoms with Gasteiger partial charge in [-0.15, -0.1) is 0 Å². The van der Waals surface area contributed by atoms with Crippen LogP contribution in [0.4, 0.5) is 11.5 Å². The Kier molecular flexibility index (Phi) is 4.91. The van der Waals surface area contributed by atoms with Crippen molar-refractivity contribution < 1.29 is 4.79 Å². The Bertz CT molecular complexity index is 697. The summed E-state index contributed by atoms with van der Waals surface area (Å²) < 4.78 is 0. The van der Waals surface area contributed by atoms with E-state index in [1.54, 1.807) is 0 Å². The molecule has 1 aromatic carbocycles. The first-order chi connectivity index (χ1) is 11.2. The number of nitrogens with zero attached hydrogens (tertiary/aromatic N) is 1. The van der Waals surface area contributed by atoms with Gasteiger partial charge in [0.1, 0.15) is 5.82 Å². The first-order valence-electron chi connectivity index (χ1n) is 8.30. The summed E-state index contributed by atoms with van der Waals surface area (Å²) in [5, 5.41) is 6.30. The van der Waals surface area contributed by atoms with Crippen LogP contribution < -0.4 is 10.6 Å². The number of hydrogen-bond acceptors (Lipinski definition) is 3. The van der Waals surface area contributed by atoms with Gasteiger partial charge in [-0.3, -0.25) is 4.79 Å². The van der Waals surface area contributed by atoms with E-state index in [4.69, 9.17) is 0 Å². The largest absolute Gasteiger partial charge is 0.370 e. The highest BCUT2D eigenvalue weighted by molar-refractivity contribution is 5.90. The minimum atomic E-state index is 0.0617. The van der Waals surface area contributed by atoms with Crippen molar-refractivity contribution in [1.82, 2.24) is 4.98 Å². The molecule has 120 valence electrons. The lowest BCUT2D eigenvalue weighted by Gasteiger charge is -2.17. The number of amides is 1. The molecule has 1 aliphatic rings. The number of rotatable bonds is 5. The molecular formula is C19H23N3O. The molecule has 4 heteroatoms. The molecule has 0 aliphatic carbocycles. The fraction of sp³-hybridized carbons (Fsp3) is 0.368. The highest BCUT2D eigenvalue weighted by Gasteiger charge is 2.10. The van der Waals surface area contributed by atoms with Gasteiger partial charge in [0.05, 0.1) is 0 Å². The Balaban J connectivity index is 1.48. The van der Waals surface area contributed by atoms with Crippen LogP contribution in [-0.4, -0.2) is 17.4 Å². The van der Waals surface area contributed by atoms with E-state index in [9.17, 15) is 4.79 Å². The van der Waals surface area contributed by atoms with Gasteiger partial charge in [0.25, 0.3) is 0 Å². The van der Waals surface area contributed by atoms with Gasteiger partial charge in [0, 0.05) is 24.3 Å². The molecule has 2 heterocycles. The molecule has 0 unspecified atom stereocenters. The van der Waals surface area contributed by atoms with Crippen LogP contribution in [0.1, 0.15) is 36.1 Å². The van der Waals surface area contributed by atoms with Crippen molar-refractivity contribution in [3.8, 4) is 0 Å². The molecule has 0 atom stereocenters. The molecule has 0 fully saturated rings. The minimum Gasteiger partial charge on any atom is -0.370 e. The van der Waals surface area contributed by atoms with E-state index in [1.807, 2.05) is 31.2 Å². The van der Waals surface area contributed by atoms with Gasteiger partial charge in [-0.25, -0.2) is 4.98 Å². The molecule has 1 aromatic heterocycles. The SMILES string of the molecule is Cc1cccc(NC(=O)CCCc2ccc3c(n2)NCCC3)c1. The van der Waals surface area contributed by atoms with Gasteiger partial charge >= 0.3 is 0 Å². The summed E-state index contributed by atoms with van der Waals surface area (Å²) >= 11 is 0. The molecule has 1 aliphatic heterocycles. The molecule has 0 bridgehead atoms. The molecule has 2 aromatic rings. The summed E-state index contributed by atoms with van der Waals surface area (Å²) in [6.07, 6.45) is 4.43. The zero-order valence-electron chi connectivity index (χ0n) is 13.6. The first-order valence-corrected chi connectivity index (χ1v) is 8.30. The molecule has 3 rings (SSSR count). The average Bonchev–Trinajstić information content (AvgIpc) is 2.55. The Morgan fingerprint density at radius 1 is 1.30 bits per heavy atom. The maximum Gasteiger partial charge on any atom is 0.224 e. The Hall–Kier alpha value is -2.36. The zero-order valence-corrected chi connectivity index (χ0v) is 13.6. The van der Waals surface area contributed by atoms with Gasteiger partial charge in [-0.1, -0.05) is 18.2 Å². The molecule has 0 saturated heterocycles. The number of anilines is 2.